The van der Waals surface area contributed by atoms with Gasteiger partial charge in [-0.05, 0) is 89.6 Å². The molecule has 0 heterocycles. The van der Waals surface area contributed by atoms with Gasteiger partial charge in [0.15, 0.2) is 0 Å². The van der Waals surface area contributed by atoms with Crippen LogP contribution in [0.3, 0.4) is 0 Å². The number of unbranched alkanes of at least 4 members (excludes halogenated alkanes) is 1. The summed E-state index contributed by atoms with van der Waals surface area (Å²) in [6, 6.07) is 1.93. The highest BCUT2D eigenvalue weighted by atomic mass is 79.9. The van der Waals surface area contributed by atoms with Crippen LogP contribution in [0, 0.1) is 6.92 Å². The molecule has 0 spiro atoms. The fourth-order valence-electron chi connectivity index (χ4n) is 2.25. The number of nitrogens with zero attached hydrogens (tertiary/aromatic N) is 1. The Kier molecular flexibility index (Phi) is 11.3. The highest BCUT2D eigenvalue weighted by Crippen LogP contribution is 2.38. The van der Waals surface area contributed by atoms with Crippen LogP contribution < -0.4 is 9.47 Å². The topological polar surface area (TPSA) is 40.0 Å². The molecule has 1 aromatic rings. The first-order valence-electron chi connectivity index (χ1n) is 8.58. The molecular formula is C19H26Br2ClNO3. The molecule has 4 nitrogen and oxygen atoms in total. The molecule has 146 valence electrons. The molecule has 0 saturated heterocycles. The van der Waals surface area contributed by atoms with Crippen molar-refractivity contribution in [3.05, 3.63) is 31.7 Å². The van der Waals surface area contributed by atoms with Crippen LogP contribution in [0.25, 0.3) is 0 Å². The lowest BCUT2D eigenvalue weighted by Crippen LogP contribution is -2.05. The Morgan fingerprint density at radius 2 is 1.88 bits per heavy atom. The van der Waals surface area contributed by atoms with E-state index in [1.54, 1.807) is 0 Å². The van der Waals surface area contributed by atoms with Crippen molar-refractivity contribution in [2.24, 2.45) is 5.16 Å². The van der Waals surface area contributed by atoms with Gasteiger partial charge in [-0.3, -0.25) is 0 Å². The van der Waals surface area contributed by atoms with E-state index in [1.165, 1.54) is 0 Å². The smallest absolute Gasteiger partial charge is 0.139 e. The van der Waals surface area contributed by atoms with Crippen LogP contribution in [-0.2, 0) is 11.3 Å². The van der Waals surface area contributed by atoms with Crippen LogP contribution in [0.1, 0.15) is 44.7 Å². The summed E-state index contributed by atoms with van der Waals surface area (Å²) in [5.74, 6) is 1.53. The van der Waals surface area contributed by atoms with Crippen LogP contribution in [0.4, 0.5) is 0 Å². The van der Waals surface area contributed by atoms with Crippen molar-refractivity contribution < 1.29 is 14.3 Å². The Hall–Kier alpha value is -0.720. The molecule has 0 radical (unpaired) electrons. The average Bonchev–Trinajstić information content (AvgIpc) is 2.57. The summed E-state index contributed by atoms with van der Waals surface area (Å²) in [6.45, 7) is 9.52. The molecule has 0 aliphatic heterocycles. The molecule has 0 bridgehead atoms. The average molecular weight is 512 g/mol. The molecule has 0 unspecified atom stereocenters. The molecule has 1 rings (SSSR count). The zero-order chi connectivity index (χ0) is 19.5. The van der Waals surface area contributed by atoms with Crippen LogP contribution in [0.2, 0.25) is 5.02 Å². The molecule has 0 atom stereocenters. The quantitative estimate of drug-likeness (QED) is 0.187. The van der Waals surface area contributed by atoms with Crippen LogP contribution in [0.5, 0.6) is 11.5 Å². The van der Waals surface area contributed by atoms with Crippen LogP contribution >= 0.6 is 43.5 Å². The summed E-state index contributed by atoms with van der Waals surface area (Å²) in [4.78, 5) is 5.19. The van der Waals surface area contributed by atoms with Crippen molar-refractivity contribution in [1.29, 1.82) is 0 Å². The monoisotopic (exact) mass is 509 g/mol. The lowest BCUT2D eigenvalue weighted by molar-refractivity contribution is 0.135. The van der Waals surface area contributed by atoms with Gasteiger partial charge >= 0.3 is 0 Å². The number of rotatable bonds is 11. The summed E-state index contributed by atoms with van der Waals surface area (Å²) in [7, 11) is 0. The van der Waals surface area contributed by atoms with E-state index in [0.29, 0.717) is 30.6 Å². The maximum Gasteiger partial charge on any atom is 0.139 e. The number of ether oxygens (including phenoxy) is 2. The molecule has 0 saturated carbocycles. The minimum atomic E-state index is 0.425. The minimum absolute atomic E-state index is 0.425. The Labute approximate surface area is 178 Å². The highest BCUT2D eigenvalue weighted by Gasteiger charge is 2.16. The van der Waals surface area contributed by atoms with E-state index >= 15 is 0 Å². The Morgan fingerprint density at radius 1 is 1.19 bits per heavy atom. The number of hydrogen-bond acceptors (Lipinski definition) is 4. The van der Waals surface area contributed by atoms with Gasteiger partial charge in [0.2, 0.25) is 0 Å². The van der Waals surface area contributed by atoms with Crippen molar-refractivity contribution >= 4 is 49.2 Å². The van der Waals surface area contributed by atoms with Crippen LogP contribution in [0.15, 0.2) is 20.7 Å². The Morgan fingerprint density at radius 3 is 2.50 bits per heavy atom. The van der Waals surface area contributed by atoms with E-state index < -0.39 is 0 Å². The zero-order valence-electron chi connectivity index (χ0n) is 15.7. The molecule has 1 aromatic carbocycles. The predicted octanol–water partition coefficient (Wildman–Crippen LogP) is 6.79. The largest absolute Gasteiger partial charge is 0.493 e. The fourth-order valence-corrected chi connectivity index (χ4v) is 2.84. The number of benzene rings is 1. The highest BCUT2D eigenvalue weighted by molar-refractivity contribution is 9.28. The summed E-state index contributed by atoms with van der Waals surface area (Å²) in [5, 5.41) is 4.53. The molecule has 0 fully saturated rings. The van der Waals surface area contributed by atoms with Gasteiger partial charge < -0.3 is 14.3 Å². The summed E-state index contributed by atoms with van der Waals surface area (Å²) in [5.41, 5.74) is 2.91. The van der Waals surface area contributed by atoms with Gasteiger partial charge in [0.05, 0.1) is 20.7 Å². The van der Waals surface area contributed by atoms with Gasteiger partial charge in [-0.15, -0.1) is 0 Å². The number of aryl methyl sites for hydroxylation is 1. The molecular weight excluding hydrogens is 485 g/mol. The van der Waals surface area contributed by atoms with Crippen LogP contribution in [-0.4, -0.2) is 25.5 Å². The Balaban J connectivity index is 2.66. The summed E-state index contributed by atoms with van der Waals surface area (Å²) >= 11 is 13.1. The first-order valence-corrected chi connectivity index (χ1v) is 10.5. The molecule has 0 aliphatic rings. The molecule has 0 aliphatic carbocycles. The van der Waals surface area contributed by atoms with Crippen molar-refractivity contribution in [3.8, 4) is 11.5 Å². The summed E-state index contributed by atoms with van der Waals surface area (Å²) < 4.78 is 12.6. The van der Waals surface area contributed by atoms with Crippen molar-refractivity contribution in [3.63, 3.8) is 0 Å². The zero-order valence-corrected chi connectivity index (χ0v) is 19.6. The maximum atomic E-state index is 6.53. The third kappa shape index (κ3) is 8.31. The van der Waals surface area contributed by atoms with E-state index in [9.17, 15) is 0 Å². The first kappa shape index (κ1) is 23.3. The predicted molar refractivity (Wildman–Crippen MR) is 116 cm³/mol. The molecule has 0 amide bonds. The number of halogens is 3. The van der Waals surface area contributed by atoms with Gasteiger partial charge in [0.25, 0.3) is 0 Å². The van der Waals surface area contributed by atoms with Gasteiger partial charge in [-0.25, -0.2) is 0 Å². The Bertz CT molecular complexity index is 640. The lowest BCUT2D eigenvalue weighted by atomic mass is 10.1. The summed E-state index contributed by atoms with van der Waals surface area (Å²) in [6.07, 6.45) is 4.42. The van der Waals surface area contributed by atoms with Gasteiger partial charge in [-0.2, -0.15) is 0 Å². The van der Waals surface area contributed by atoms with E-state index in [-0.39, 0.29) is 0 Å². The van der Waals surface area contributed by atoms with Crippen molar-refractivity contribution in [2.75, 3.05) is 19.8 Å². The van der Waals surface area contributed by atoms with Crippen molar-refractivity contribution in [1.82, 2.24) is 0 Å². The normalized spacial score (nSPS) is 10.3. The number of hydrogen-bond donors (Lipinski definition) is 0. The van der Waals surface area contributed by atoms with E-state index in [0.717, 1.165) is 45.2 Å². The van der Waals surface area contributed by atoms with E-state index in [4.69, 9.17) is 25.9 Å². The molecule has 7 heteroatoms. The third-order valence-corrected chi connectivity index (χ3v) is 4.48. The fraction of sp³-hybridized carbons (Fsp3) is 0.526. The minimum Gasteiger partial charge on any atom is -0.493 e. The SMILES string of the molecule is CCc1c(Cl)c(OCC=C(Br)Br)cc(C)c1OCCCCON=C(C)C. The maximum absolute atomic E-state index is 6.53. The molecule has 0 aromatic heterocycles. The second-order valence-electron chi connectivity index (χ2n) is 5.90. The van der Waals surface area contributed by atoms with E-state index in [1.807, 2.05) is 32.9 Å². The van der Waals surface area contributed by atoms with Gasteiger partial charge in [-0.1, -0.05) is 23.7 Å². The molecule has 0 N–H and O–H groups in total. The first-order chi connectivity index (χ1) is 12.4. The van der Waals surface area contributed by atoms with Gasteiger partial charge in [0, 0.05) is 5.56 Å². The second-order valence-corrected chi connectivity index (χ2v) is 9.05. The number of oxime groups is 1. The second kappa shape index (κ2) is 12.6. The lowest BCUT2D eigenvalue weighted by Gasteiger charge is -2.18. The van der Waals surface area contributed by atoms with Crippen molar-refractivity contribution in [2.45, 2.75) is 47.0 Å². The molecule has 26 heavy (non-hydrogen) atoms. The van der Waals surface area contributed by atoms with E-state index in [2.05, 4.69) is 43.9 Å². The third-order valence-electron chi connectivity index (χ3n) is 3.41. The van der Waals surface area contributed by atoms with Gasteiger partial charge in [0.1, 0.15) is 24.7 Å². The standard InChI is InChI=1S/C19H26Br2ClNO3/c1-5-15-18(22)16(24-11-8-17(20)21)12-14(4)19(15)25-9-6-7-10-26-23-13(2)3/h8,12H,5-7,9-11H2,1-4H3.